The second-order valence-electron chi connectivity index (χ2n) is 4.76. The zero-order valence-electron chi connectivity index (χ0n) is 11.6. The number of hydrogen-bond donors (Lipinski definition) is 2. The fourth-order valence-electron chi connectivity index (χ4n) is 1.57. The summed E-state index contributed by atoms with van der Waals surface area (Å²) in [7, 11) is 0. The molecule has 0 aromatic heterocycles. The maximum atomic E-state index is 12.1. The SMILES string of the molecule is CC(C)CCNC(=O)c1ccccc1C#CCCO. The van der Waals surface area contributed by atoms with Crippen LogP contribution < -0.4 is 5.32 Å². The summed E-state index contributed by atoms with van der Waals surface area (Å²) in [5.74, 6) is 6.25. The Kier molecular flexibility index (Phi) is 6.70. The van der Waals surface area contributed by atoms with Gasteiger partial charge in [-0.1, -0.05) is 37.8 Å². The van der Waals surface area contributed by atoms with E-state index in [2.05, 4.69) is 31.0 Å². The second-order valence-corrected chi connectivity index (χ2v) is 4.76. The van der Waals surface area contributed by atoms with Crippen LogP contribution in [0.1, 0.15) is 42.6 Å². The molecule has 0 heterocycles. The normalized spacial score (nSPS) is 9.89. The van der Waals surface area contributed by atoms with E-state index >= 15 is 0 Å². The summed E-state index contributed by atoms with van der Waals surface area (Å²) in [6.45, 7) is 4.96. The van der Waals surface area contributed by atoms with Gasteiger partial charge in [0.15, 0.2) is 0 Å². The molecule has 0 aliphatic heterocycles. The molecule has 0 aliphatic carbocycles. The molecule has 1 aromatic rings. The summed E-state index contributed by atoms with van der Waals surface area (Å²) in [6.07, 6.45) is 1.38. The van der Waals surface area contributed by atoms with Gasteiger partial charge in [0.1, 0.15) is 0 Å². The fourth-order valence-corrected chi connectivity index (χ4v) is 1.57. The van der Waals surface area contributed by atoms with Gasteiger partial charge in [0.05, 0.1) is 12.2 Å². The third-order valence-corrected chi connectivity index (χ3v) is 2.64. The Balaban J connectivity index is 2.71. The summed E-state index contributed by atoms with van der Waals surface area (Å²) in [4.78, 5) is 12.1. The molecule has 0 unspecified atom stereocenters. The standard InChI is InChI=1S/C16H21NO2/c1-13(2)10-11-17-16(19)15-9-4-3-7-14(15)8-5-6-12-18/h3-4,7,9,13,18H,6,10-12H2,1-2H3,(H,17,19). The third kappa shape index (κ3) is 5.58. The highest BCUT2D eigenvalue weighted by molar-refractivity contribution is 5.96. The van der Waals surface area contributed by atoms with Crippen LogP contribution in [0.2, 0.25) is 0 Å². The molecule has 0 aliphatic rings. The van der Waals surface area contributed by atoms with E-state index in [-0.39, 0.29) is 12.5 Å². The van der Waals surface area contributed by atoms with Gasteiger partial charge >= 0.3 is 0 Å². The van der Waals surface area contributed by atoms with E-state index in [0.29, 0.717) is 30.0 Å². The molecule has 0 radical (unpaired) electrons. The van der Waals surface area contributed by atoms with Crippen LogP contribution >= 0.6 is 0 Å². The lowest BCUT2D eigenvalue weighted by Crippen LogP contribution is -2.26. The molecular formula is C16H21NO2. The summed E-state index contributed by atoms with van der Waals surface area (Å²) < 4.78 is 0. The van der Waals surface area contributed by atoms with Crippen molar-refractivity contribution in [1.82, 2.24) is 5.32 Å². The maximum absolute atomic E-state index is 12.1. The number of rotatable bonds is 5. The van der Waals surface area contributed by atoms with Crippen molar-refractivity contribution in [3.63, 3.8) is 0 Å². The zero-order valence-corrected chi connectivity index (χ0v) is 11.6. The number of carbonyl (C=O) groups is 1. The van der Waals surface area contributed by atoms with Gasteiger partial charge in [0.25, 0.3) is 5.91 Å². The van der Waals surface area contributed by atoms with Crippen LogP contribution in [0, 0.1) is 17.8 Å². The molecule has 3 nitrogen and oxygen atoms in total. The largest absolute Gasteiger partial charge is 0.395 e. The third-order valence-electron chi connectivity index (χ3n) is 2.64. The maximum Gasteiger partial charge on any atom is 0.252 e. The molecule has 0 bridgehead atoms. The molecule has 19 heavy (non-hydrogen) atoms. The average Bonchev–Trinajstić information content (AvgIpc) is 2.39. The highest BCUT2D eigenvalue weighted by Gasteiger charge is 2.08. The molecule has 0 saturated heterocycles. The second kappa shape index (κ2) is 8.34. The number of aliphatic hydroxyl groups is 1. The van der Waals surface area contributed by atoms with Crippen molar-refractivity contribution < 1.29 is 9.90 Å². The summed E-state index contributed by atoms with van der Waals surface area (Å²) in [5, 5.41) is 11.6. The molecule has 0 saturated carbocycles. The molecule has 0 spiro atoms. The minimum atomic E-state index is -0.0884. The van der Waals surface area contributed by atoms with E-state index in [4.69, 9.17) is 5.11 Å². The first kappa shape index (κ1) is 15.3. The van der Waals surface area contributed by atoms with E-state index in [1.807, 2.05) is 18.2 Å². The fraction of sp³-hybridized carbons (Fsp3) is 0.438. The van der Waals surface area contributed by atoms with Gasteiger partial charge in [0.2, 0.25) is 0 Å². The lowest BCUT2D eigenvalue weighted by atomic mass is 10.1. The Bertz CT molecular complexity index is 469. The number of hydrogen-bond acceptors (Lipinski definition) is 2. The summed E-state index contributed by atoms with van der Waals surface area (Å²) in [6, 6.07) is 7.28. The first-order chi connectivity index (χ1) is 9.15. The van der Waals surface area contributed by atoms with Crippen molar-refractivity contribution in [2.24, 2.45) is 5.92 Å². The van der Waals surface area contributed by atoms with Crippen molar-refractivity contribution in [1.29, 1.82) is 0 Å². The molecule has 1 amide bonds. The van der Waals surface area contributed by atoms with Gasteiger partial charge < -0.3 is 10.4 Å². The predicted molar refractivity (Wildman–Crippen MR) is 76.8 cm³/mol. The Morgan fingerprint density at radius 3 is 2.79 bits per heavy atom. The average molecular weight is 259 g/mol. The van der Waals surface area contributed by atoms with Crippen LogP contribution in [0.25, 0.3) is 0 Å². The van der Waals surface area contributed by atoms with Crippen LogP contribution in [0.4, 0.5) is 0 Å². The molecule has 1 rings (SSSR count). The van der Waals surface area contributed by atoms with Crippen LogP contribution in [-0.4, -0.2) is 24.2 Å². The Hall–Kier alpha value is -1.79. The van der Waals surface area contributed by atoms with E-state index in [9.17, 15) is 4.79 Å². The molecule has 2 N–H and O–H groups in total. The molecule has 0 fully saturated rings. The van der Waals surface area contributed by atoms with Crippen molar-refractivity contribution in [3.05, 3.63) is 35.4 Å². The zero-order chi connectivity index (χ0) is 14.1. The van der Waals surface area contributed by atoms with Gasteiger partial charge in [-0.3, -0.25) is 4.79 Å². The molecular weight excluding hydrogens is 238 g/mol. The minimum absolute atomic E-state index is 0.0375. The van der Waals surface area contributed by atoms with Crippen molar-refractivity contribution in [2.75, 3.05) is 13.2 Å². The number of amides is 1. The van der Waals surface area contributed by atoms with Crippen LogP contribution in [0.3, 0.4) is 0 Å². The van der Waals surface area contributed by atoms with Gasteiger partial charge in [0, 0.05) is 18.5 Å². The van der Waals surface area contributed by atoms with Crippen molar-refractivity contribution in [2.45, 2.75) is 26.7 Å². The molecule has 3 heteroatoms. The number of aliphatic hydroxyl groups excluding tert-OH is 1. The Morgan fingerprint density at radius 2 is 2.11 bits per heavy atom. The van der Waals surface area contributed by atoms with Crippen LogP contribution in [0.5, 0.6) is 0 Å². The first-order valence-electron chi connectivity index (χ1n) is 6.62. The lowest BCUT2D eigenvalue weighted by Gasteiger charge is -2.08. The van der Waals surface area contributed by atoms with Crippen LogP contribution in [0.15, 0.2) is 24.3 Å². The topological polar surface area (TPSA) is 49.3 Å². The highest BCUT2D eigenvalue weighted by atomic mass is 16.2. The van der Waals surface area contributed by atoms with E-state index in [1.165, 1.54) is 0 Å². The monoisotopic (exact) mass is 259 g/mol. The number of benzene rings is 1. The van der Waals surface area contributed by atoms with Gasteiger partial charge in [-0.15, -0.1) is 0 Å². The van der Waals surface area contributed by atoms with Crippen molar-refractivity contribution >= 4 is 5.91 Å². The van der Waals surface area contributed by atoms with E-state index in [1.54, 1.807) is 6.07 Å². The quantitative estimate of drug-likeness (QED) is 0.796. The Morgan fingerprint density at radius 1 is 1.37 bits per heavy atom. The number of carbonyl (C=O) groups excluding carboxylic acids is 1. The van der Waals surface area contributed by atoms with Crippen LogP contribution in [-0.2, 0) is 0 Å². The van der Waals surface area contributed by atoms with Gasteiger partial charge in [-0.05, 0) is 24.5 Å². The predicted octanol–water partition coefficient (Wildman–Crippen LogP) is 2.20. The minimum Gasteiger partial charge on any atom is -0.395 e. The van der Waals surface area contributed by atoms with E-state index < -0.39 is 0 Å². The summed E-state index contributed by atoms with van der Waals surface area (Å²) in [5.41, 5.74) is 1.30. The van der Waals surface area contributed by atoms with Crippen molar-refractivity contribution in [3.8, 4) is 11.8 Å². The number of nitrogens with one attached hydrogen (secondary N) is 1. The summed E-state index contributed by atoms with van der Waals surface area (Å²) >= 11 is 0. The van der Waals surface area contributed by atoms with Gasteiger partial charge in [-0.2, -0.15) is 0 Å². The Labute approximate surface area is 115 Å². The molecule has 1 aromatic carbocycles. The smallest absolute Gasteiger partial charge is 0.252 e. The highest BCUT2D eigenvalue weighted by Crippen LogP contribution is 2.07. The van der Waals surface area contributed by atoms with E-state index in [0.717, 1.165) is 6.42 Å². The lowest BCUT2D eigenvalue weighted by molar-refractivity contribution is 0.0952. The molecule has 102 valence electrons. The first-order valence-corrected chi connectivity index (χ1v) is 6.62. The molecule has 0 atom stereocenters. The van der Waals surface area contributed by atoms with Gasteiger partial charge in [-0.25, -0.2) is 0 Å².